The van der Waals surface area contributed by atoms with Crippen molar-refractivity contribution in [2.75, 3.05) is 6.61 Å². The molecule has 2 aromatic carbocycles. The van der Waals surface area contributed by atoms with Gasteiger partial charge in [0, 0.05) is 22.4 Å². The number of ether oxygens (including phenoxy) is 1. The van der Waals surface area contributed by atoms with E-state index in [0.29, 0.717) is 22.9 Å². The lowest BCUT2D eigenvalue weighted by Crippen LogP contribution is -2.08. The summed E-state index contributed by atoms with van der Waals surface area (Å²) in [5.74, 6) is 0.746. The fraction of sp³-hybridized carbons (Fsp3) is 0.286. The number of hydrogen-bond acceptors (Lipinski definition) is 3. The van der Waals surface area contributed by atoms with Crippen LogP contribution >= 0.6 is 11.3 Å². The summed E-state index contributed by atoms with van der Waals surface area (Å²) < 4.78 is 44.0. The lowest BCUT2D eigenvalue weighted by Gasteiger charge is -2.12. The number of aromatic nitrogens is 1. The van der Waals surface area contributed by atoms with Crippen LogP contribution in [-0.4, -0.2) is 11.6 Å². The Morgan fingerprint density at radius 1 is 1.11 bits per heavy atom. The lowest BCUT2D eigenvalue weighted by atomic mass is 10.1. The fourth-order valence-corrected chi connectivity index (χ4v) is 3.77. The molecule has 0 fully saturated rings. The van der Waals surface area contributed by atoms with E-state index < -0.39 is 11.7 Å². The number of benzene rings is 2. The molecule has 141 valence electrons. The average Bonchev–Trinajstić information content (AvgIpc) is 3.01. The van der Waals surface area contributed by atoms with Crippen molar-refractivity contribution in [1.82, 2.24) is 4.98 Å². The molecule has 0 amide bonds. The van der Waals surface area contributed by atoms with Crippen LogP contribution < -0.4 is 4.74 Å². The van der Waals surface area contributed by atoms with E-state index in [4.69, 9.17) is 4.74 Å². The summed E-state index contributed by atoms with van der Waals surface area (Å²) in [7, 11) is 0. The van der Waals surface area contributed by atoms with Gasteiger partial charge in [0.25, 0.3) is 0 Å². The van der Waals surface area contributed by atoms with E-state index in [1.54, 1.807) is 0 Å². The van der Waals surface area contributed by atoms with Gasteiger partial charge in [-0.25, -0.2) is 4.98 Å². The number of thiazole rings is 1. The molecule has 0 saturated carbocycles. The normalized spacial score (nSPS) is 12.8. The maximum Gasteiger partial charge on any atom is 0.416 e. The molecule has 3 aromatic rings. The van der Waals surface area contributed by atoms with Crippen molar-refractivity contribution in [1.29, 1.82) is 0 Å². The van der Waals surface area contributed by atoms with Gasteiger partial charge in [-0.1, -0.05) is 31.2 Å². The first kappa shape index (κ1) is 19.4. The van der Waals surface area contributed by atoms with Gasteiger partial charge in [-0.2, -0.15) is 13.2 Å². The van der Waals surface area contributed by atoms with Crippen LogP contribution in [0, 0.1) is 19.9 Å². The summed E-state index contributed by atoms with van der Waals surface area (Å²) >= 11 is 1.48. The summed E-state index contributed by atoms with van der Waals surface area (Å²) in [5.41, 5.74) is 1.94. The lowest BCUT2D eigenvalue weighted by molar-refractivity contribution is -0.137. The summed E-state index contributed by atoms with van der Waals surface area (Å²) in [6.45, 7) is 6.40. The van der Waals surface area contributed by atoms with Crippen molar-refractivity contribution in [3.8, 4) is 16.3 Å². The van der Waals surface area contributed by atoms with Crippen molar-refractivity contribution >= 4 is 11.3 Å². The molecule has 1 heterocycles. The van der Waals surface area contributed by atoms with Crippen LogP contribution in [0.2, 0.25) is 0 Å². The standard InChI is InChI=1S/C21H19F3NOS/c1-13-5-4-6-18(11-13)26-12-14(2)19-15(3)27-20(25-19)16-7-9-17(10-8-16)21(22,23)24/h4-10,14H,12H2,1-3H3. The van der Waals surface area contributed by atoms with Crippen molar-refractivity contribution < 1.29 is 17.9 Å². The second kappa shape index (κ2) is 7.72. The molecule has 0 aliphatic rings. The molecule has 1 atom stereocenters. The summed E-state index contributed by atoms with van der Waals surface area (Å²) in [5, 5.41) is 0.713. The van der Waals surface area contributed by atoms with Crippen LogP contribution in [0.3, 0.4) is 0 Å². The molecule has 0 aliphatic heterocycles. The minimum Gasteiger partial charge on any atom is -0.492 e. The Morgan fingerprint density at radius 3 is 2.44 bits per heavy atom. The van der Waals surface area contributed by atoms with Crippen LogP contribution in [0.15, 0.2) is 42.5 Å². The molecule has 0 N–H and O–H groups in total. The molecule has 1 aromatic heterocycles. The summed E-state index contributed by atoms with van der Waals surface area (Å²) in [4.78, 5) is 5.69. The quantitative estimate of drug-likeness (QED) is 0.501. The number of alkyl halides is 3. The van der Waals surface area contributed by atoms with E-state index in [-0.39, 0.29) is 5.92 Å². The van der Waals surface area contributed by atoms with E-state index >= 15 is 0 Å². The third-order valence-corrected chi connectivity index (χ3v) is 5.20. The van der Waals surface area contributed by atoms with Gasteiger partial charge in [-0.15, -0.1) is 11.3 Å². The first-order chi connectivity index (χ1) is 12.7. The summed E-state index contributed by atoms with van der Waals surface area (Å²) in [6, 6.07) is 14.0. The highest BCUT2D eigenvalue weighted by atomic mass is 32.1. The van der Waals surface area contributed by atoms with Crippen molar-refractivity contribution in [2.24, 2.45) is 0 Å². The van der Waals surface area contributed by atoms with Crippen molar-refractivity contribution in [2.45, 2.75) is 32.9 Å². The van der Waals surface area contributed by atoms with Gasteiger partial charge in [-0.3, -0.25) is 0 Å². The van der Waals surface area contributed by atoms with Gasteiger partial charge in [-0.05, 0) is 37.6 Å². The number of hydrogen-bond donors (Lipinski definition) is 0. The third-order valence-electron chi connectivity index (χ3n) is 4.16. The Labute approximate surface area is 160 Å². The Balaban J connectivity index is 1.73. The Morgan fingerprint density at radius 2 is 1.81 bits per heavy atom. The molecule has 3 rings (SSSR count). The van der Waals surface area contributed by atoms with Crippen LogP contribution in [0.1, 0.15) is 34.5 Å². The maximum atomic E-state index is 12.7. The molecule has 6 heteroatoms. The van der Waals surface area contributed by atoms with E-state index in [0.717, 1.165) is 28.3 Å². The first-order valence-electron chi connectivity index (χ1n) is 8.50. The highest BCUT2D eigenvalue weighted by Crippen LogP contribution is 2.34. The number of nitrogens with zero attached hydrogens (tertiary/aromatic N) is 1. The molecule has 1 unspecified atom stereocenters. The molecule has 0 saturated heterocycles. The topological polar surface area (TPSA) is 22.1 Å². The molecule has 2 nitrogen and oxygen atoms in total. The number of rotatable bonds is 5. The molecule has 27 heavy (non-hydrogen) atoms. The second-order valence-corrected chi connectivity index (χ2v) is 7.65. The number of aryl methyl sites for hydroxylation is 2. The van der Waals surface area contributed by atoms with E-state index in [1.807, 2.05) is 39.0 Å². The van der Waals surface area contributed by atoms with Gasteiger partial charge >= 0.3 is 6.18 Å². The van der Waals surface area contributed by atoms with Crippen LogP contribution in [0.25, 0.3) is 10.6 Å². The minimum absolute atomic E-state index is 0.0540. The van der Waals surface area contributed by atoms with Gasteiger partial charge in [0.2, 0.25) is 0 Å². The van der Waals surface area contributed by atoms with Gasteiger partial charge in [0.05, 0.1) is 17.9 Å². The SMILES string of the molecule is Cc1[c]c(OCC(C)c2nc(-c3ccc(C(F)(F)F)cc3)sc2C)ccc1. The maximum absolute atomic E-state index is 12.7. The molecule has 0 aliphatic carbocycles. The Kier molecular flexibility index (Phi) is 5.56. The van der Waals surface area contributed by atoms with Gasteiger partial charge < -0.3 is 4.74 Å². The van der Waals surface area contributed by atoms with E-state index in [2.05, 4.69) is 11.1 Å². The van der Waals surface area contributed by atoms with E-state index in [9.17, 15) is 13.2 Å². The molecule has 0 bridgehead atoms. The highest BCUT2D eigenvalue weighted by Gasteiger charge is 2.30. The zero-order chi connectivity index (χ0) is 19.6. The van der Waals surface area contributed by atoms with Crippen molar-refractivity contribution in [3.63, 3.8) is 0 Å². The zero-order valence-electron chi connectivity index (χ0n) is 15.2. The van der Waals surface area contributed by atoms with Crippen LogP contribution in [0.5, 0.6) is 5.75 Å². The van der Waals surface area contributed by atoms with Crippen LogP contribution in [-0.2, 0) is 6.18 Å². The molecular weight excluding hydrogens is 371 g/mol. The Bertz CT molecular complexity index is 916. The molecule has 0 spiro atoms. The fourth-order valence-electron chi connectivity index (χ4n) is 2.73. The predicted molar refractivity (Wildman–Crippen MR) is 101 cm³/mol. The predicted octanol–water partition coefficient (Wildman–Crippen LogP) is 6.43. The highest BCUT2D eigenvalue weighted by molar-refractivity contribution is 7.15. The smallest absolute Gasteiger partial charge is 0.416 e. The minimum atomic E-state index is -4.33. The summed E-state index contributed by atoms with van der Waals surface area (Å²) in [6.07, 6.45) is -4.33. The number of halogens is 3. The molecule has 1 radical (unpaired) electrons. The third kappa shape index (κ3) is 4.69. The first-order valence-corrected chi connectivity index (χ1v) is 9.32. The van der Waals surface area contributed by atoms with Crippen LogP contribution in [0.4, 0.5) is 13.2 Å². The average molecular weight is 390 g/mol. The Hall–Kier alpha value is -2.34. The van der Waals surface area contributed by atoms with Crippen molar-refractivity contribution in [3.05, 3.63) is 70.2 Å². The van der Waals surface area contributed by atoms with E-state index in [1.165, 1.54) is 23.5 Å². The largest absolute Gasteiger partial charge is 0.492 e. The van der Waals surface area contributed by atoms with Gasteiger partial charge in [0.1, 0.15) is 10.8 Å². The monoisotopic (exact) mass is 390 g/mol. The zero-order valence-corrected chi connectivity index (χ0v) is 16.0. The second-order valence-electron chi connectivity index (χ2n) is 6.45. The van der Waals surface area contributed by atoms with Gasteiger partial charge in [0.15, 0.2) is 0 Å². The molecular formula is C21H19F3NOS.